The lowest BCUT2D eigenvalue weighted by atomic mass is 10.1. The number of rotatable bonds is 5. The Morgan fingerprint density at radius 1 is 1.36 bits per heavy atom. The molecule has 1 aliphatic heterocycles. The van der Waals surface area contributed by atoms with Gasteiger partial charge in [0.15, 0.2) is 0 Å². The van der Waals surface area contributed by atoms with Gasteiger partial charge in [-0.25, -0.2) is 13.1 Å². The molecule has 8 heteroatoms. The summed E-state index contributed by atoms with van der Waals surface area (Å²) in [4.78, 5) is 13.9. The zero-order valence-electron chi connectivity index (χ0n) is 12.2. The van der Waals surface area contributed by atoms with E-state index in [-0.39, 0.29) is 29.8 Å². The molecule has 122 valence electrons. The maximum atomic E-state index is 12.1. The summed E-state index contributed by atoms with van der Waals surface area (Å²) in [6.07, 6.45) is 1.97. The third-order valence-corrected chi connectivity index (χ3v) is 5.57. The van der Waals surface area contributed by atoms with Gasteiger partial charge in [0, 0.05) is 36.6 Å². The zero-order chi connectivity index (χ0) is 16.2. The molecular formula is C14H20BrN3O3S. The Morgan fingerprint density at radius 2 is 2.05 bits per heavy atom. The second-order valence-corrected chi connectivity index (χ2v) is 8.03. The number of likely N-dealkylation sites (tertiary alicyclic amines) is 1. The molecule has 0 spiro atoms. The summed E-state index contributed by atoms with van der Waals surface area (Å²) in [5.41, 5.74) is 5.84. The maximum Gasteiger partial charge on any atom is 0.240 e. The van der Waals surface area contributed by atoms with Crippen LogP contribution in [-0.4, -0.2) is 44.9 Å². The first-order chi connectivity index (χ1) is 10.4. The predicted octanol–water partition coefficient (Wildman–Crippen LogP) is 1.07. The molecule has 0 aromatic heterocycles. The lowest BCUT2D eigenvalue weighted by molar-refractivity contribution is -0.132. The highest BCUT2D eigenvalue weighted by Crippen LogP contribution is 2.14. The number of hydrogen-bond acceptors (Lipinski definition) is 4. The third-order valence-electron chi connectivity index (χ3n) is 3.57. The van der Waals surface area contributed by atoms with E-state index >= 15 is 0 Å². The number of piperidine rings is 1. The van der Waals surface area contributed by atoms with Gasteiger partial charge in [0.05, 0.1) is 4.90 Å². The van der Waals surface area contributed by atoms with E-state index in [1.165, 1.54) is 12.1 Å². The van der Waals surface area contributed by atoms with Crippen LogP contribution in [0.15, 0.2) is 33.6 Å². The third kappa shape index (κ3) is 4.77. The average Bonchev–Trinajstić information content (AvgIpc) is 2.47. The molecule has 1 fully saturated rings. The summed E-state index contributed by atoms with van der Waals surface area (Å²) in [7, 11) is -3.58. The first-order valence-corrected chi connectivity index (χ1v) is 9.45. The number of halogens is 1. The summed E-state index contributed by atoms with van der Waals surface area (Å²) < 4.78 is 27.4. The monoisotopic (exact) mass is 389 g/mol. The number of carbonyl (C=O) groups is 1. The van der Waals surface area contributed by atoms with Crippen molar-refractivity contribution < 1.29 is 13.2 Å². The van der Waals surface area contributed by atoms with Crippen LogP contribution in [0, 0.1) is 0 Å². The van der Waals surface area contributed by atoms with Gasteiger partial charge < -0.3 is 10.6 Å². The molecule has 3 N–H and O–H groups in total. The Kier molecular flexibility index (Phi) is 5.96. The van der Waals surface area contributed by atoms with Crippen molar-refractivity contribution in [3.8, 4) is 0 Å². The quantitative estimate of drug-likeness (QED) is 0.787. The standard InChI is InChI=1S/C14H20BrN3O3S/c15-11-3-5-13(6-4-11)22(20,21)17-8-7-14(19)18-9-1-2-12(16)10-18/h3-6,12,17H,1-2,7-10,16H2. The molecule has 0 bridgehead atoms. The van der Waals surface area contributed by atoms with E-state index in [1.807, 2.05) is 0 Å². The van der Waals surface area contributed by atoms with Crippen molar-refractivity contribution in [2.75, 3.05) is 19.6 Å². The molecule has 1 atom stereocenters. The summed E-state index contributed by atoms with van der Waals surface area (Å²) in [5.74, 6) is -0.0614. The molecule has 22 heavy (non-hydrogen) atoms. The van der Waals surface area contributed by atoms with E-state index in [0.29, 0.717) is 13.1 Å². The minimum absolute atomic E-state index is 0.0251. The molecule has 1 aromatic rings. The summed E-state index contributed by atoms with van der Waals surface area (Å²) in [5, 5.41) is 0. The SMILES string of the molecule is NC1CCCN(C(=O)CCNS(=O)(=O)c2ccc(Br)cc2)C1. The van der Waals surface area contributed by atoms with Crippen LogP contribution in [-0.2, 0) is 14.8 Å². The van der Waals surface area contributed by atoms with Gasteiger partial charge in [0.25, 0.3) is 0 Å². The largest absolute Gasteiger partial charge is 0.341 e. The van der Waals surface area contributed by atoms with E-state index in [1.54, 1.807) is 17.0 Å². The van der Waals surface area contributed by atoms with Gasteiger partial charge in [0.2, 0.25) is 15.9 Å². The fourth-order valence-corrected chi connectivity index (χ4v) is 3.68. The van der Waals surface area contributed by atoms with E-state index in [9.17, 15) is 13.2 Å². The number of sulfonamides is 1. The van der Waals surface area contributed by atoms with Crippen LogP contribution in [0.5, 0.6) is 0 Å². The molecule has 0 saturated carbocycles. The van der Waals surface area contributed by atoms with Crippen LogP contribution in [0.1, 0.15) is 19.3 Å². The van der Waals surface area contributed by atoms with Gasteiger partial charge in [-0.3, -0.25) is 4.79 Å². The number of amides is 1. The molecule has 2 rings (SSSR count). The Bertz CT molecular complexity index is 619. The predicted molar refractivity (Wildman–Crippen MR) is 87.7 cm³/mol. The first kappa shape index (κ1) is 17.4. The second-order valence-electron chi connectivity index (χ2n) is 5.34. The van der Waals surface area contributed by atoms with Gasteiger partial charge in [-0.05, 0) is 37.1 Å². The van der Waals surface area contributed by atoms with E-state index in [0.717, 1.165) is 17.3 Å². The molecule has 0 aliphatic carbocycles. The smallest absolute Gasteiger partial charge is 0.240 e. The van der Waals surface area contributed by atoms with E-state index < -0.39 is 10.0 Å². The van der Waals surface area contributed by atoms with Crippen molar-refractivity contribution in [1.82, 2.24) is 9.62 Å². The molecule has 1 heterocycles. The zero-order valence-corrected chi connectivity index (χ0v) is 14.6. The molecule has 1 unspecified atom stereocenters. The number of carbonyl (C=O) groups excluding carboxylic acids is 1. The van der Waals surface area contributed by atoms with Gasteiger partial charge in [0.1, 0.15) is 0 Å². The van der Waals surface area contributed by atoms with Gasteiger partial charge in [-0.1, -0.05) is 15.9 Å². The van der Waals surface area contributed by atoms with Crippen LogP contribution in [0.3, 0.4) is 0 Å². The van der Waals surface area contributed by atoms with E-state index in [2.05, 4.69) is 20.7 Å². The van der Waals surface area contributed by atoms with Crippen molar-refractivity contribution in [2.24, 2.45) is 5.73 Å². The van der Waals surface area contributed by atoms with Crippen LogP contribution in [0.25, 0.3) is 0 Å². The summed E-state index contributed by atoms with van der Waals surface area (Å²) in [6.45, 7) is 1.34. The first-order valence-electron chi connectivity index (χ1n) is 7.17. The van der Waals surface area contributed by atoms with Crippen molar-refractivity contribution >= 4 is 31.9 Å². The topological polar surface area (TPSA) is 92.5 Å². The second kappa shape index (κ2) is 7.54. The molecular weight excluding hydrogens is 370 g/mol. The number of nitrogens with zero attached hydrogens (tertiary/aromatic N) is 1. The van der Waals surface area contributed by atoms with Crippen LogP contribution >= 0.6 is 15.9 Å². The molecule has 1 saturated heterocycles. The van der Waals surface area contributed by atoms with Crippen LogP contribution < -0.4 is 10.5 Å². The fraction of sp³-hybridized carbons (Fsp3) is 0.500. The normalized spacial score (nSPS) is 19.2. The average molecular weight is 390 g/mol. The summed E-state index contributed by atoms with van der Waals surface area (Å²) in [6, 6.07) is 6.37. The highest BCUT2D eigenvalue weighted by atomic mass is 79.9. The minimum atomic E-state index is -3.58. The summed E-state index contributed by atoms with van der Waals surface area (Å²) >= 11 is 3.26. The Hall–Kier alpha value is -0.960. The molecule has 1 amide bonds. The number of benzene rings is 1. The lowest BCUT2D eigenvalue weighted by Gasteiger charge is -2.30. The van der Waals surface area contributed by atoms with Crippen LogP contribution in [0.2, 0.25) is 0 Å². The number of nitrogens with two attached hydrogens (primary N) is 1. The van der Waals surface area contributed by atoms with Gasteiger partial charge in [-0.2, -0.15) is 0 Å². The van der Waals surface area contributed by atoms with Crippen LogP contribution in [0.4, 0.5) is 0 Å². The highest BCUT2D eigenvalue weighted by molar-refractivity contribution is 9.10. The van der Waals surface area contributed by atoms with E-state index in [4.69, 9.17) is 5.73 Å². The highest BCUT2D eigenvalue weighted by Gasteiger charge is 2.21. The lowest BCUT2D eigenvalue weighted by Crippen LogP contribution is -2.46. The maximum absolute atomic E-state index is 12.1. The van der Waals surface area contributed by atoms with Crippen molar-refractivity contribution in [3.63, 3.8) is 0 Å². The molecule has 1 aliphatic rings. The Morgan fingerprint density at radius 3 is 2.68 bits per heavy atom. The number of nitrogens with one attached hydrogen (secondary N) is 1. The number of hydrogen-bond donors (Lipinski definition) is 2. The fourth-order valence-electron chi connectivity index (χ4n) is 2.38. The molecule has 0 radical (unpaired) electrons. The van der Waals surface area contributed by atoms with Gasteiger partial charge >= 0.3 is 0 Å². The minimum Gasteiger partial charge on any atom is -0.341 e. The van der Waals surface area contributed by atoms with Crippen molar-refractivity contribution in [1.29, 1.82) is 0 Å². The van der Waals surface area contributed by atoms with Crippen molar-refractivity contribution in [2.45, 2.75) is 30.2 Å². The van der Waals surface area contributed by atoms with Crippen molar-refractivity contribution in [3.05, 3.63) is 28.7 Å². The Labute approximate surface area is 139 Å². The Balaban J connectivity index is 1.84. The molecule has 1 aromatic carbocycles. The molecule has 6 nitrogen and oxygen atoms in total. The van der Waals surface area contributed by atoms with Gasteiger partial charge in [-0.15, -0.1) is 0 Å².